The summed E-state index contributed by atoms with van der Waals surface area (Å²) in [6.45, 7) is 2.52. The maximum atomic E-state index is 13.3. The van der Waals surface area contributed by atoms with Crippen LogP contribution in [0.5, 0.6) is 11.8 Å². The first kappa shape index (κ1) is 23.1. The van der Waals surface area contributed by atoms with Gasteiger partial charge in [-0.25, -0.2) is 4.98 Å². The molecule has 4 rings (SSSR count). The third-order valence-corrected chi connectivity index (χ3v) is 5.12. The molecule has 34 heavy (non-hydrogen) atoms. The van der Waals surface area contributed by atoms with Crippen LogP contribution in [0.4, 0.5) is 18.9 Å². The monoisotopic (exact) mass is 489 g/mol. The number of carbonyl (C=O) groups excluding carboxylic acids is 1. The van der Waals surface area contributed by atoms with E-state index < -0.39 is 34.2 Å². The van der Waals surface area contributed by atoms with Crippen LogP contribution in [-0.4, -0.2) is 22.4 Å². The summed E-state index contributed by atoms with van der Waals surface area (Å²) in [4.78, 5) is 19.9. The number of pyridine rings is 2. The number of carbonyl (C=O) groups is 1. The Kier molecular flexibility index (Phi) is 5.93. The number of nitrogens with zero attached hydrogens (tertiary/aromatic N) is 3. The van der Waals surface area contributed by atoms with Gasteiger partial charge in [0.25, 0.3) is 5.91 Å². The summed E-state index contributed by atoms with van der Waals surface area (Å²) in [5.74, 6) is -1.30. The van der Waals surface area contributed by atoms with Crippen molar-refractivity contribution in [1.82, 2.24) is 9.97 Å². The Labute approximate surface area is 195 Å². The van der Waals surface area contributed by atoms with Crippen LogP contribution in [0.25, 0.3) is 21.9 Å². The van der Waals surface area contributed by atoms with E-state index in [1.54, 1.807) is 18.2 Å². The van der Waals surface area contributed by atoms with Crippen LogP contribution in [0.2, 0.25) is 5.15 Å². The number of nitriles is 1. The normalized spacial score (nSPS) is 11.5. The summed E-state index contributed by atoms with van der Waals surface area (Å²) >= 11 is 5.77. The smallest absolute Gasteiger partial charge is 0.417 e. The van der Waals surface area contributed by atoms with E-state index in [4.69, 9.17) is 31.8 Å². The highest BCUT2D eigenvalue weighted by atomic mass is 35.5. The van der Waals surface area contributed by atoms with Gasteiger partial charge in [0.15, 0.2) is 5.15 Å². The predicted molar refractivity (Wildman–Crippen MR) is 118 cm³/mol. The fraction of sp³-hybridized carbons (Fsp3) is 0.182. The minimum atomic E-state index is -4.83. The summed E-state index contributed by atoms with van der Waals surface area (Å²) < 4.78 is 51.0. The van der Waals surface area contributed by atoms with Crippen molar-refractivity contribution >= 4 is 45.1 Å². The lowest BCUT2D eigenvalue weighted by molar-refractivity contribution is -0.137. The molecule has 3 heterocycles. The molecule has 1 amide bonds. The SMILES string of the molecule is CCCNc1c(C(N)=O)oc2ccc3nc(Oc4cc(C(F)(F)F)c(C#N)c(Cl)n4)ccc3c12. The predicted octanol–water partition coefficient (Wildman–Crippen LogP) is 5.63. The number of hydrogen-bond donors (Lipinski definition) is 2. The van der Waals surface area contributed by atoms with Gasteiger partial charge in [-0.15, -0.1) is 0 Å². The van der Waals surface area contributed by atoms with Crippen molar-refractivity contribution < 1.29 is 27.1 Å². The molecule has 0 fully saturated rings. The van der Waals surface area contributed by atoms with Gasteiger partial charge in [-0.2, -0.15) is 23.4 Å². The molecule has 0 aliphatic rings. The largest absolute Gasteiger partial charge is 0.449 e. The number of hydrogen-bond acceptors (Lipinski definition) is 7. The minimum absolute atomic E-state index is 0.0209. The van der Waals surface area contributed by atoms with E-state index in [1.165, 1.54) is 12.1 Å². The standard InChI is InChI=1S/C22H15ClF3N5O3/c1-2-7-29-18-17-10-3-6-15(30-13(10)4-5-14(17)33-19(18)21(28)32)34-16-8-12(22(24,25)26)11(9-27)20(23)31-16/h3-6,8,29H,2,7H2,1H3,(H2,28,32). The number of nitrogens with one attached hydrogen (secondary N) is 1. The molecule has 8 nitrogen and oxygen atoms in total. The topological polar surface area (TPSA) is 127 Å². The van der Waals surface area contributed by atoms with Crippen LogP contribution >= 0.6 is 11.6 Å². The van der Waals surface area contributed by atoms with Crippen LogP contribution < -0.4 is 15.8 Å². The molecule has 0 unspecified atom stereocenters. The highest BCUT2D eigenvalue weighted by Gasteiger charge is 2.36. The van der Waals surface area contributed by atoms with Gasteiger partial charge in [-0.3, -0.25) is 4.79 Å². The van der Waals surface area contributed by atoms with E-state index in [1.807, 2.05) is 6.92 Å². The second-order valence-corrected chi connectivity index (χ2v) is 7.50. The third kappa shape index (κ3) is 4.15. The Balaban J connectivity index is 1.80. The molecule has 0 bridgehead atoms. The minimum Gasteiger partial charge on any atom is -0.449 e. The quantitative estimate of drug-likeness (QED) is 0.336. The molecular weight excluding hydrogens is 475 g/mol. The molecule has 1 aromatic carbocycles. The fourth-order valence-corrected chi connectivity index (χ4v) is 3.64. The van der Waals surface area contributed by atoms with Crippen molar-refractivity contribution in [2.75, 3.05) is 11.9 Å². The Bertz CT molecular complexity index is 1480. The van der Waals surface area contributed by atoms with Gasteiger partial charge in [0.1, 0.15) is 17.2 Å². The lowest BCUT2D eigenvalue weighted by atomic mass is 10.1. The van der Waals surface area contributed by atoms with Crippen molar-refractivity contribution in [1.29, 1.82) is 5.26 Å². The number of halogens is 4. The summed E-state index contributed by atoms with van der Waals surface area (Å²) in [7, 11) is 0. The highest BCUT2D eigenvalue weighted by Crippen LogP contribution is 2.39. The number of amides is 1. The Hall–Kier alpha value is -4.04. The highest BCUT2D eigenvalue weighted by molar-refractivity contribution is 6.30. The maximum Gasteiger partial charge on any atom is 0.417 e. The number of ether oxygens (including phenoxy) is 1. The number of aromatic nitrogens is 2. The molecule has 0 radical (unpaired) electrons. The number of primary amides is 1. The molecule has 0 saturated heterocycles. The van der Waals surface area contributed by atoms with Crippen molar-refractivity contribution in [3.8, 4) is 17.8 Å². The molecular formula is C22H15ClF3N5O3. The van der Waals surface area contributed by atoms with Crippen LogP contribution in [0, 0.1) is 11.3 Å². The zero-order valence-corrected chi connectivity index (χ0v) is 18.2. The molecule has 4 aromatic rings. The van der Waals surface area contributed by atoms with E-state index in [0.717, 1.165) is 6.42 Å². The van der Waals surface area contributed by atoms with Gasteiger partial charge in [0, 0.05) is 24.1 Å². The zero-order chi connectivity index (χ0) is 24.6. The molecule has 0 aliphatic carbocycles. The summed E-state index contributed by atoms with van der Waals surface area (Å²) in [5, 5.41) is 12.7. The molecule has 0 saturated carbocycles. The van der Waals surface area contributed by atoms with E-state index in [0.29, 0.717) is 40.2 Å². The first-order valence-corrected chi connectivity index (χ1v) is 10.3. The second-order valence-electron chi connectivity index (χ2n) is 7.14. The molecule has 0 aliphatic heterocycles. The molecule has 174 valence electrons. The summed E-state index contributed by atoms with van der Waals surface area (Å²) in [6, 6.07) is 8.22. The zero-order valence-electron chi connectivity index (χ0n) is 17.5. The van der Waals surface area contributed by atoms with Crippen LogP contribution in [-0.2, 0) is 6.18 Å². The summed E-state index contributed by atoms with van der Waals surface area (Å²) in [6.07, 6.45) is -4.05. The number of fused-ring (bicyclic) bond motifs is 3. The molecule has 3 aromatic heterocycles. The van der Waals surface area contributed by atoms with Crippen molar-refractivity contribution in [2.45, 2.75) is 19.5 Å². The number of alkyl halides is 3. The third-order valence-electron chi connectivity index (χ3n) is 4.85. The molecule has 12 heteroatoms. The van der Waals surface area contributed by atoms with Crippen LogP contribution in [0.3, 0.4) is 0 Å². The van der Waals surface area contributed by atoms with Gasteiger partial charge in [-0.1, -0.05) is 18.5 Å². The van der Waals surface area contributed by atoms with E-state index in [9.17, 15) is 18.0 Å². The van der Waals surface area contributed by atoms with Gasteiger partial charge >= 0.3 is 6.18 Å². The van der Waals surface area contributed by atoms with E-state index >= 15 is 0 Å². The lowest BCUT2D eigenvalue weighted by Gasteiger charge is -2.12. The van der Waals surface area contributed by atoms with Gasteiger partial charge in [-0.05, 0) is 24.6 Å². The Morgan fingerprint density at radius 2 is 2.03 bits per heavy atom. The number of rotatable bonds is 6. The number of nitrogens with two attached hydrogens (primary N) is 1. The van der Waals surface area contributed by atoms with Crippen LogP contribution in [0.1, 0.15) is 35.0 Å². The Morgan fingerprint density at radius 1 is 1.26 bits per heavy atom. The second kappa shape index (κ2) is 8.72. The van der Waals surface area contributed by atoms with E-state index in [2.05, 4.69) is 15.3 Å². The average molecular weight is 490 g/mol. The van der Waals surface area contributed by atoms with Crippen LogP contribution in [0.15, 0.2) is 34.7 Å². The van der Waals surface area contributed by atoms with Crippen molar-refractivity contribution in [2.24, 2.45) is 5.73 Å². The van der Waals surface area contributed by atoms with Crippen molar-refractivity contribution in [3.05, 3.63) is 52.4 Å². The van der Waals surface area contributed by atoms with Crippen molar-refractivity contribution in [3.63, 3.8) is 0 Å². The number of benzene rings is 1. The molecule has 3 N–H and O–H groups in total. The van der Waals surface area contributed by atoms with Gasteiger partial charge in [0.05, 0.1) is 22.2 Å². The number of furan rings is 1. The fourth-order valence-electron chi connectivity index (χ4n) is 3.41. The Morgan fingerprint density at radius 3 is 2.68 bits per heavy atom. The van der Waals surface area contributed by atoms with Gasteiger partial charge in [0.2, 0.25) is 17.5 Å². The first-order valence-electron chi connectivity index (χ1n) is 9.89. The average Bonchev–Trinajstić information content (AvgIpc) is 3.16. The maximum absolute atomic E-state index is 13.3. The first-order chi connectivity index (χ1) is 16.1. The number of anilines is 1. The van der Waals surface area contributed by atoms with E-state index in [-0.39, 0.29) is 11.6 Å². The molecule has 0 atom stereocenters. The van der Waals surface area contributed by atoms with Gasteiger partial charge < -0.3 is 20.2 Å². The lowest BCUT2D eigenvalue weighted by Crippen LogP contribution is -2.13. The molecule has 0 spiro atoms. The summed E-state index contributed by atoms with van der Waals surface area (Å²) in [5.41, 5.74) is 4.64.